The number of para-hydroxylation sites is 1. The monoisotopic (exact) mass is 349 g/mol. The lowest BCUT2D eigenvalue weighted by atomic mass is 10.0. The summed E-state index contributed by atoms with van der Waals surface area (Å²) in [6.45, 7) is 0. The molecule has 24 heavy (non-hydrogen) atoms. The summed E-state index contributed by atoms with van der Waals surface area (Å²) in [4.78, 5) is 17.6. The first-order chi connectivity index (χ1) is 11.8. The fraction of sp³-hybridized carbons (Fsp3) is 0. The number of nitrogens with zero attached hydrogens (tertiary/aromatic N) is 3. The van der Waals surface area contributed by atoms with Gasteiger partial charge in [0.1, 0.15) is 5.01 Å². The van der Waals surface area contributed by atoms with Crippen molar-refractivity contribution >= 4 is 50.5 Å². The van der Waals surface area contributed by atoms with Gasteiger partial charge in [0.15, 0.2) is 5.78 Å². The van der Waals surface area contributed by atoms with Crippen molar-refractivity contribution in [2.24, 2.45) is 0 Å². The van der Waals surface area contributed by atoms with Gasteiger partial charge in [0.05, 0.1) is 21.5 Å². The molecule has 4 aromatic rings. The molecule has 0 saturated heterocycles. The summed E-state index contributed by atoms with van der Waals surface area (Å²) in [5, 5.41) is 6.53. The molecular weight excluding hydrogens is 338 g/mol. The molecule has 0 unspecified atom stereocenters. The number of carbonyl (C=O) groups excluding carboxylic acids is 1. The van der Waals surface area contributed by atoms with E-state index in [-0.39, 0.29) is 5.78 Å². The van der Waals surface area contributed by atoms with Crippen LogP contribution >= 0.6 is 22.9 Å². The maximum Gasteiger partial charge on any atom is 0.196 e. The quantitative estimate of drug-likeness (QED) is 0.400. The van der Waals surface area contributed by atoms with E-state index in [9.17, 15) is 4.79 Å². The smallest absolute Gasteiger partial charge is 0.196 e. The predicted octanol–water partition coefficient (Wildman–Crippen LogP) is 4.57. The van der Waals surface area contributed by atoms with Gasteiger partial charge in [0.25, 0.3) is 0 Å². The molecule has 0 aliphatic carbocycles. The molecule has 0 saturated carbocycles. The predicted molar refractivity (Wildman–Crippen MR) is 98.2 cm³/mol. The van der Waals surface area contributed by atoms with E-state index >= 15 is 0 Å². The van der Waals surface area contributed by atoms with Crippen LogP contribution in [0.2, 0.25) is 0 Å². The number of rotatable bonds is 4. The maximum absolute atomic E-state index is 13.0. The average molecular weight is 349 g/mol. The van der Waals surface area contributed by atoms with E-state index in [1.54, 1.807) is 6.08 Å². The van der Waals surface area contributed by atoms with Crippen molar-refractivity contribution in [1.29, 1.82) is 0 Å². The molecule has 2 heterocycles. The molecular formula is C18H11N3OS2. The third-order valence-corrected chi connectivity index (χ3v) is 5.07. The summed E-state index contributed by atoms with van der Waals surface area (Å²) >= 11 is 2.76. The van der Waals surface area contributed by atoms with Crippen molar-refractivity contribution in [2.75, 3.05) is 0 Å². The van der Waals surface area contributed by atoms with Crippen molar-refractivity contribution in [3.8, 4) is 0 Å². The number of hydrogen-bond donors (Lipinski definition) is 0. The van der Waals surface area contributed by atoms with Crippen molar-refractivity contribution in [3.63, 3.8) is 0 Å². The van der Waals surface area contributed by atoms with Gasteiger partial charge < -0.3 is 0 Å². The van der Waals surface area contributed by atoms with Gasteiger partial charge in [-0.05, 0) is 29.7 Å². The van der Waals surface area contributed by atoms with Crippen molar-refractivity contribution in [2.45, 2.75) is 0 Å². The zero-order valence-corrected chi connectivity index (χ0v) is 14.1. The molecule has 2 aromatic carbocycles. The highest BCUT2D eigenvalue weighted by molar-refractivity contribution is 7.20. The summed E-state index contributed by atoms with van der Waals surface area (Å²) in [5.74, 6) is -0.0670. The second-order valence-electron chi connectivity index (χ2n) is 5.07. The Bertz CT molecular complexity index is 988. The number of fused-ring (bicyclic) bond motifs is 1. The zero-order valence-electron chi connectivity index (χ0n) is 12.4. The van der Waals surface area contributed by atoms with Gasteiger partial charge in [-0.1, -0.05) is 47.0 Å². The third-order valence-electron chi connectivity index (χ3n) is 3.47. The van der Waals surface area contributed by atoms with Crippen LogP contribution in [0.5, 0.6) is 0 Å². The Morgan fingerprint density at radius 3 is 2.54 bits per heavy atom. The van der Waals surface area contributed by atoms with Crippen LogP contribution in [0.25, 0.3) is 21.9 Å². The summed E-state index contributed by atoms with van der Waals surface area (Å²) in [6, 6.07) is 17.1. The van der Waals surface area contributed by atoms with Crippen LogP contribution in [0.4, 0.5) is 0 Å². The minimum atomic E-state index is -0.0670. The number of Topliss-reactive ketones (excluding diaryl/α,β-unsaturated/α-hetero) is 1. The summed E-state index contributed by atoms with van der Waals surface area (Å²) in [6.07, 6.45) is 1.76. The molecule has 0 aliphatic rings. The molecule has 0 spiro atoms. The molecule has 4 rings (SSSR count). The SMILES string of the molecule is O=C(/C(=C\c1csnn1)c1nc2ccccc2s1)c1ccccc1. The first-order valence-corrected chi connectivity index (χ1v) is 8.91. The van der Waals surface area contributed by atoms with Gasteiger partial charge >= 0.3 is 0 Å². The summed E-state index contributed by atoms with van der Waals surface area (Å²) < 4.78 is 4.91. The zero-order chi connectivity index (χ0) is 16.4. The van der Waals surface area contributed by atoms with Gasteiger partial charge in [-0.25, -0.2) is 4.98 Å². The Morgan fingerprint density at radius 1 is 1.00 bits per heavy atom. The molecule has 0 aliphatic heterocycles. The van der Waals surface area contributed by atoms with E-state index < -0.39 is 0 Å². The molecule has 0 bridgehead atoms. The number of aromatic nitrogens is 3. The molecule has 4 nitrogen and oxygen atoms in total. The third kappa shape index (κ3) is 2.89. The van der Waals surface area contributed by atoms with Crippen molar-refractivity contribution < 1.29 is 4.79 Å². The van der Waals surface area contributed by atoms with Gasteiger partial charge in [-0.3, -0.25) is 4.79 Å². The summed E-state index contributed by atoms with van der Waals surface area (Å²) in [7, 11) is 0. The van der Waals surface area contributed by atoms with Crippen LogP contribution < -0.4 is 0 Å². The van der Waals surface area contributed by atoms with Crippen molar-refractivity contribution in [1.82, 2.24) is 14.6 Å². The lowest BCUT2D eigenvalue weighted by molar-refractivity contribution is 0.105. The molecule has 0 atom stereocenters. The average Bonchev–Trinajstić information content (AvgIpc) is 3.29. The normalized spacial score (nSPS) is 11.8. The van der Waals surface area contributed by atoms with E-state index in [4.69, 9.17) is 0 Å². The number of carbonyl (C=O) groups is 1. The van der Waals surface area contributed by atoms with E-state index in [2.05, 4.69) is 14.6 Å². The molecule has 6 heteroatoms. The van der Waals surface area contributed by atoms with Crippen LogP contribution in [-0.4, -0.2) is 20.4 Å². The number of thiazole rings is 1. The van der Waals surface area contributed by atoms with Crippen LogP contribution in [0.3, 0.4) is 0 Å². The number of benzene rings is 2. The molecule has 0 N–H and O–H groups in total. The molecule has 116 valence electrons. The van der Waals surface area contributed by atoms with E-state index in [1.165, 1.54) is 22.9 Å². The Hall–Kier alpha value is -2.70. The minimum Gasteiger partial charge on any atom is -0.288 e. The lowest BCUT2D eigenvalue weighted by Gasteiger charge is -2.03. The minimum absolute atomic E-state index is 0.0670. The number of ketones is 1. The van der Waals surface area contributed by atoms with Crippen LogP contribution in [0, 0.1) is 0 Å². The summed E-state index contributed by atoms with van der Waals surface area (Å²) in [5.41, 5.74) is 2.72. The second kappa shape index (κ2) is 6.43. The van der Waals surface area contributed by atoms with Gasteiger partial charge in [0.2, 0.25) is 0 Å². The molecule has 0 amide bonds. The highest BCUT2D eigenvalue weighted by atomic mass is 32.1. The van der Waals surface area contributed by atoms with Crippen molar-refractivity contribution in [3.05, 3.63) is 76.2 Å². The Balaban J connectivity index is 1.86. The highest BCUT2D eigenvalue weighted by Gasteiger charge is 2.18. The fourth-order valence-electron chi connectivity index (χ4n) is 2.34. The van der Waals surface area contributed by atoms with Gasteiger partial charge in [0, 0.05) is 10.9 Å². The molecule has 0 radical (unpaired) electrons. The van der Waals surface area contributed by atoms with E-state index in [1.807, 2.05) is 60.0 Å². The lowest BCUT2D eigenvalue weighted by Crippen LogP contribution is -2.02. The fourth-order valence-corrected chi connectivity index (χ4v) is 3.73. The molecule has 2 aromatic heterocycles. The standard InChI is InChI=1S/C18H11N3OS2/c22-17(12-6-2-1-3-7-12)14(10-13-11-23-21-20-13)18-19-15-8-4-5-9-16(15)24-18/h1-11H/b14-10+. The number of allylic oxidation sites excluding steroid dienone is 1. The van der Waals surface area contributed by atoms with E-state index in [0.29, 0.717) is 21.8 Å². The highest BCUT2D eigenvalue weighted by Crippen LogP contribution is 2.30. The largest absolute Gasteiger partial charge is 0.288 e. The number of hydrogen-bond acceptors (Lipinski definition) is 6. The van der Waals surface area contributed by atoms with Crippen LogP contribution in [0.1, 0.15) is 21.1 Å². The topological polar surface area (TPSA) is 55.7 Å². The first kappa shape index (κ1) is 14.9. The Labute approximate surface area is 146 Å². The maximum atomic E-state index is 13.0. The van der Waals surface area contributed by atoms with Gasteiger partial charge in [-0.2, -0.15) is 0 Å². The Morgan fingerprint density at radius 2 is 1.79 bits per heavy atom. The first-order valence-electron chi connectivity index (χ1n) is 7.26. The second-order valence-corrected chi connectivity index (χ2v) is 6.71. The van der Waals surface area contributed by atoms with E-state index in [0.717, 1.165) is 10.2 Å². The Kier molecular flexibility index (Phi) is 3.98. The van der Waals surface area contributed by atoms with Gasteiger partial charge in [-0.15, -0.1) is 16.4 Å². The molecule has 0 fully saturated rings. The van der Waals surface area contributed by atoms with Crippen LogP contribution in [0.15, 0.2) is 60.0 Å². The van der Waals surface area contributed by atoms with Crippen LogP contribution in [-0.2, 0) is 0 Å².